The number of hydrogen-bond acceptors (Lipinski definition) is 5. The van der Waals surface area contributed by atoms with Gasteiger partial charge < -0.3 is 0 Å². The van der Waals surface area contributed by atoms with Crippen LogP contribution < -0.4 is 0 Å². The molecule has 0 saturated carbocycles. The Hall–Kier alpha value is -4.60. The summed E-state index contributed by atoms with van der Waals surface area (Å²) < 4.78 is 0. The molecular weight excluding hydrogens is 478 g/mol. The molecule has 1 heterocycles. The number of allylic oxidation sites excluding steroid dienone is 1. The van der Waals surface area contributed by atoms with E-state index in [4.69, 9.17) is 4.84 Å². The second-order valence-corrected chi connectivity index (χ2v) is 9.44. The minimum Gasteiger partial charge on any atom is -0.298 e. The van der Waals surface area contributed by atoms with E-state index in [1.807, 2.05) is 115 Å². The van der Waals surface area contributed by atoms with Gasteiger partial charge in [-0.25, -0.2) is 4.79 Å². The number of oxime groups is 1. The third-order valence-electron chi connectivity index (χ3n) is 5.90. The Balaban J connectivity index is 1.47. The molecule has 0 radical (unpaired) electrons. The van der Waals surface area contributed by atoms with Crippen LogP contribution in [0.1, 0.15) is 22.3 Å². The number of nitrogens with zero attached hydrogens (tertiary/aromatic N) is 3. The van der Waals surface area contributed by atoms with Gasteiger partial charge in [0, 0.05) is 23.6 Å². The first-order chi connectivity index (χ1) is 18.2. The molecule has 0 aromatic heterocycles. The molecule has 180 valence electrons. The zero-order valence-electron chi connectivity index (χ0n) is 20.0. The molecule has 5 nitrogen and oxygen atoms in total. The van der Waals surface area contributed by atoms with Crippen molar-refractivity contribution in [2.45, 2.75) is 18.0 Å². The molecule has 37 heavy (non-hydrogen) atoms. The molecule has 0 bridgehead atoms. The first-order valence-electron chi connectivity index (χ1n) is 11.8. The number of benzene rings is 4. The first-order valence-corrected chi connectivity index (χ1v) is 12.6. The van der Waals surface area contributed by atoms with Crippen molar-refractivity contribution in [3.8, 4) is 6.07 Å². The van der Waals surface area contributed by atoms with Crippen LogP contribution in [0.2, 0.25) is 0 Å². The van der Waals surface area contributed by atoms with E-state index in [1.54, 1.807) is 4.90 Å². The number of carbonyl (C=O) groups is 1. The number of amides is 1. The largest absolute Gasteiger partial charge is 0.436 e. The molecule has 1 amide bonds. The van der Waals surface area contributed by atoms with E-state index in [1.165, 1.54) is 11.8 Å². The van der Waals surface area contributed by atoms with Gasteiger partial charge >= 0.3 is 6.09 Å². The normalized spacial score (nSPS) is 14.5. The predicted octanol–water partition coefficient (Wildman–Crippen LogP) is 7.38. The van der Waals surface area contributed by atoms with Crippen molar-refractivity contribution in [1.29, 1.82) is 5.26 Å². The Bertz CT molecular complexity index is 1450. The lowest BCUT2D eigenvalue weighted by atomic mass is 9.96. The van der Waals surface area contributed by atoms with Gasteiger partial charge in [0.15, 0.2) is 5.04 Å². The monoisotopic (exact) mass is 501 g/mol. The van der Waals surface area contributed by atoms with Crippen LogP contribution in [0.5, 0.6) is 0 Å². The van der Waals surface area contributed by atoms with E-state index >= 15 is 0 Å². The second kappa shape index (κ2) is 11.4. The van der Waals surface area contributed by atoms with Crippen molar-refractivity contribution in [2.24, 2.45) is 5.16 Å². The number of rotatable bonds is 6. The first kappa shape index (κ1) is 24.1. The average molecular weight is 502 g/mol. The fourth-order valence-corrected chi connectivity index (χ4v) is 5.16. The molecule has 1 aliphatic rings. The van der Waals surface area contributed by atoms with Gasteiger partial charge in [0.25, 0.3) is 0 Å². The van der Waals surface area contributed by atoms with Crippen molar-refractivity contribution in [1.82, 2.24) is 4.90 Å². The SMILES string of the molecule is N#C/C(=C1\C(=N/OC(=O)N(Cc2ccccc2)Cc2ccccc2)Sc2ccccc21)c1ccccc1. The molecule has 4 aromatic carbocycles. The Morgan fingerprint density at radius 3 is 1.92 bits per heavy atom. The number of fused-ring (bicyclic) bond motifs is 1. The number of hydrogen-bond donors (Lipinski definition) is 0. The molecule has 0 spiro atoms. The summed E-state index contributed by atoms with van der Waals surface area (Å²) in [6.07, 6.45) is -0.561. The van der Waals surface area contributed by atoms with Gasteiger partial charge in [0.1, 0.15) is 6.07 Å². The van der Waals surface area contributed by atoms with Gasteiger partial charge in [0.2, 0.25) is 0 Å². The zero-order valence-corrected chi connectivity index (χ0v) is 20.8. The van der Waals surface area contributed by atoms with Gasteiger partial charge in [-0.3, -0.25) is 9.74 Å². The molecule has 0 N–H and O–H groups in total. The van der Waals surface area contributed by atoms with Crippen LogP contribution in [0.4, 0.5) is 4.79 Å². The second-order valence-electron chi connectivity index (χ2n) is 8.41. The highest BCUT2D eigenvalue weighted by Gasteiger charge is 2.29. The maximum absolute atomic E-state index is 13.3. The van der Waals surface area contributed by atoms with Gasteiger partial charge in [-0.05, 0) is 28.3 Å². The van der Waals surface area contributed by atoms with E-state index in [0.29, 0.717) is 29.3 Å². The standard InChI is InChI=1S/C31H23N3O2S/c32-20-27(25-16-8-3-9-17-25)29-26-18-10-11-19-28(26)37-30(29)33-36-31(35)34(21-23-12-4-1-5-13-23)22-24-14-6-2-7-15-24/h1-19H,21-22H2/b29-27+,33-30+. The van der Waals surface area contributed by atoms with Gasteiger partial charge in [-0.2, -0.15) is 5.26 Å². The molecule has 0 unspecified atom stereocenters. The molecule has 0 atom stereocenters. The average Bonchev–Trinajstić information content (AvgIpc) is 3.32. The number of carbonyl (C=O) groups excluding carboxylic acids is 1. The molecule has 1 aliphatic heterocycles. The Kier molecular flexibility index (Phi) is 7.44. The molecule has 4 aromatic rings. The summed E-state index contributed by atoms with van der Waals surface area (Å²) >= 11 is 1.39. The van der Waals surface area contributed by atoms with E-state index in [9.17, 15) is 10.1 Å². The van der Waals surface area contributed by atoms with Crippen LogP contribution in [0.25, 0.3) is 11.1 Å². The van der Waals surface area contributed by atoms with E-state index in [0.717, 1.165) is 27.1 Å². The van der Waals surface area contributed by atoms with Crippen molar-refractivity contribution < 1.29 is 9.63 Å². The molecule has 0 saturated heterocycles. The summed E-state index contributed by atoms with van der Waals surface area (Å²) in [4.78, 5) is 21.4. The third kappa shape index (κ3) is 5.64. The minimum absolute atomic E-state index is 0.378. The van der Waals surface area contributed by atoms with Gasteiger partial charge in [0.05, 0.1) is 5.57 Å². The fraction of sp³-hybridized carbons (Fsp3) is 0.0645. The van der Waals surface area contributed by atoms with Gasteiger partial charge in [-0.15, -0.1) is 0 Å². The summed E-state index contributed by atoms with van der Waals surface area (Å²) in [6.45, 7) is 0.756. The quantitative estimate of drug-likeness (QED) is 0.157. The molecule has 0 aliphatic carbocycles. The highest BCUT2D eigenvalue weighted by Crippen LogP contribution is 2.44. The minimum atomic E-state index is -0.561. The predicted molar refractivity (Wildman–Crippen MR) is 147 cm³/mol. The summed E-state index contributed by atoms with van der Waals surface area (Å²) in [6, 6.07) is 39.2. The third-order valence-corrected chi connectivity index (χ3v) is 6.95. The van der Waals surface area contributed by atoms with Crippen LogP contribution in [0, 0.1) is 11.3 Å². The highest BCUT2D eigenvalue weighted by molar-refractivity contribution is 8.15. The van der Waals surface area contributed by atoms with Crippen molar-refractivity contribution in [3.63, 3.8) is 0 Å². The molecule has 5 rings (SSSR count). The summed E-state index contributed by atoms with van der Waals surface area (Å²) in [5.74, 6) is 0. The Morgan fingerprint density at radius 2 is 1.32 bits per heavy atom. The van der Waals surface area contributed by atoms with Crippen LogP contribution in [-0.2, 0) is 17.9 Å². The van der Waals surface area contributed by atoms with Gasteiger partial charge in [-0.1, -0.05) is 126 Å². The molecule has 6 heteroatoms. The van der Waals surface area contributed by atoms with Crippen LogP contribution in [-0.4, -0.2) is 16.0 Å². The van der Waals surface area contributed by atoms with Crippen molar-refractivity contribution in [3.05, 3.63) is 138 Å². The van der Waals surface area contributed by atoms with E-state index in [2.05, 4.69) is 11.2 Å². The topological polar surface area (TPSA) is 65.7 Å². The van der Waals surface area contributed by atoms with Crippen molar-refractivity contribution >= 4 is 34.0 Å². The number of nitriles is 1. The van der Waals surface area contributed by atoms with Crippen LogP contribution in [0.15, 0.2) is 125 Å². The summed E-state index contributed by atoms with van der Waals surface area (Å²) in [5.41, 5.74) is 4.81. The zero-order chi connectivity index (χ0) is 25.5. The van der Waals surface area contributed by atoms with Crippen molar-refractivity contribution in [2.75, 3.05) is 0 Å². The highest BCUT2D eigenvalue weighted by atomic mass is 32.2. The smallest absolute Gasteiger partial charge is 0.298 e. The number of thioether (sulfide) groups is 1. The Morgan fingerprint density at radius 1 is 0.784 bits per heavy atom. The van der Waals surface area contributed by atoms with Crippen LogP contribution in [0.3, 0.4) is 0 Å². The maximum atomic E-state index is 13.3. The van der Waals surface area contributed by atoms with E-state index in [-0.39, 0.29) is 0 Å². The van der Waals surface area contributed by atoms with Crippen LogP contribution >= 0.6 is 11.8 Å². The Labute approximate surface area is 220 Å². The lowest BCUT2D eigenvalue weighted by Crippen LogP contribution is -2.29. The van der Waals surface area contributed by atoms with E-state index < -0.39 is 6.09 Å². The lowest BCUT2D eigenvalue weighted by molar-refractivity contribution is 0.101. The molecular formula is C31H23N3O2S. The lowest BCUT2D eigenvalue weighted by Gasteiger charge is -2.21. The summed E-state index contributed by atoms with van der Waals surface area (Å²) in [5, 5.41) is 14.9. The summed E-state index contributed by atoms with van der Waals surface area (Å²) in [7, 11) is 0. The fourth-order valence-electron chi connectivity index (χ4n) is 4.14. The maximum Gasteiger partial charge on any atom is 0.436 e. The molecule has 0 fully saturated rings.